The Bertz CT molecular complexity index is 3280. The monoisotopic (exact) mass is 791 g/mol. The molecule has 10 aromatic carbocycles. The highest BCUT2D eigenvalue weighted by Gasteiger charge is 2.16. The lowest BCUT2D eigenvalue weighted by molar-refractivity contribution is 0.669. The van der Waals surface area contributed by atoms with Gasteiger partial charge in [-0.05, 0) is 115 Å². The molecule has 2 heteroatoms. The molecule has 11 rings (SSSR count). The predicted molar refractivity (Wildman–Crippen MR) is 261 cm³/mol. The van der Waals surface area contributed by atoms with Gasteiger partial charge in [-0.1, -0.05) is 194 Å². The number of benzene rings is 10. The first kappa shape index (κ1) is 36.8. The van der Waals surface area contributed by atoms with Crippen LogP contribution < -0.4 is 4.90 Å². The minimum absolute atomic E-state index is 0.868. The molecule has 1 heterocycles. The maximum Gasteiger partial charge on any atom is 0.137 e. The van der Waals surface area contributed by atoms with Crippen LogP contribution in [0, 0.1) is 0 Å². The Hall–Kier alpha value is -8.20. The molecule has 0 aliphatic rings. The summed E-state index contributed by atoms with van der Waals surface area (Å²) in [6.45, 7) is 0. The van der Waals surface area contributed by atoms with Crippen LogP contribution in [0.15, 0.2) is 253 Å². The molecule has 292 valence electrons. The lowest BCUT2D eigenvalue weighted by Crippen LogP contribution is -2.09. The van der Waals surface area contributed by atoms with Gasteiger partial charge in [0.15, 0.2) is 0 Å². The van der Waals surface area contributed by atoms with Crippen LogP contribution >= 0.6 is 0 Å². The molecule has 0 N–H and O–H groups in total. The van der Waals surface area contributed by atoms with Gasteiger partial charge in [0.05, 0.1) is 0 Å². The molecule has 0 saturated heterocycles. The third kappa shape index (κ3) is 7.25. The van der Waals surface area contributed by atoms with E-state index in [1.54, 1.807) is 0 Å². The van der Waals surface area contributed by atoms with E-state index in [9.17, 15) is 0 Å². The molecule has 0 amide bonds. The molecule has 0 spiro atoms. The molecule has 62 heavy (non-hydrogen) atoms. The SMILES string of the molecule is c1ccc(-c2ccc(-c3ccc(N(c4ccc(-c5ccc(-c6ccc(-c7cccc(-c8ccccc8)c7)cc6)cc5)cc4)c4ccc5c(c4)oc4ccccc45)cc3)cc2)cc1. The van der Waals surface area contributed by atoms with Gasteiger partial charge >= 0.3 is 0 Å². The van der Waals surface area contributed by atoms with E-state index in [4.69, 9.17) is 4.42 Å². The van der Waals surface area contributed by atoms with Crippen LogP contribution in [0.2, 0.25) is 0 Å². The van der Waals surface area contributed by atoms with Crippen molar-refractivity contribution in [2.75, 3.05) is 4.90 Å². The number of anilines is 3. The lowest BCUT2D eigenvalue weighted by Gasteiger charge is -2.26. The lowest BCUT2D eigenvalue weighted by atomic mass is 9.96. The Morgan fingerprint density at radius 1 is 0.210 bits per heavy atom. The van der Waals surface area contributed by atoms with Gasteiger partial charge in [0, 0.05) is 33.9 Å². The fourth-order valence-corrected chi connectivity index (χ4v) is 8.61. The molecule has 0 bridgehead atoms. The van der Waals surface area contributed by atoms with Gasteiger partial charge < -0.3 is 9.32 Å². The minimum atomic E-state index is 0.868. The van der Waals surface area contributed by atoms with Crippen LogP contribution in [0.3, 0.4) is 0 Å². The zero-order valence-electron chi connectivity index (χ0n) is 34.0. The molecular weight excluding hydrogens is 751 g/mol. The van der Waals surface area contributed by atoms with E-state index in [1.165, 1.54) is 61.2 Å². The summed E-state index contributed by atoms with van der Waals surface area (Å²) in [5.41, 5.74) is 19.3. The first-order chi connectivity index (χ1) is 30.7. The average Bonchev–Trinajstić information content (AvgIpc) is 3.73. The van der Waals surface area contributed by atoms with E-state index >= 15 is 0 Å². The number of nitrogens with zero attached hydrogens (tertiary/aromatic N) is 1. The van der Waals surface area contributed by atoms with Gasteiger partial charge in [0.25, 0.3) is 0 Å². The summed E-state index contributed by atoms with van der Waals surface area (Å²) in [5.74, 6) is 0. The van der Waals surface area contributed by atoms with E-state index < -0.39 is 0 Å². The van der Waals surface area contributed by atoms with Crippen LogP contribution in [-0.2, 0) is 0 Å². The Balaban J connectivity index is 0.867. The number of furan rings is 1. The van der Waals surface area contributed by atoms with Gasteiger partial charge in [-0.25, -0.2) is 0 Å². The summed E-state index contributed by atoms with van der Waals surface area (Å²) in [5, 5.41) is 2.24. The summed E-state index contributed by atoms with van der Waals surface area (Å²) in [7, 11) is 0. The van der Waals surface area contributed by atoms with Crippen molar-refractivity contribution in [3.05, 3.63) is 249 Å². The first-order valence-corrected chi connectivity index (χ1v) is 21.1. The Morgan fingerprint density at radius 3 is 1.00 bits per heavy atom. The number of hydrogen-bond acceptors (Lipinski definition) is 2. The van der Waals surface area contributed by atoms with Gasteiger partial charge in [0.2, 0.25) is 0 Å². The highest BCUT2D eigenvalue weighted by Crippen LogP contribution is 2.40. The average molecular weight is 792 g/mol. The smallest absolute Gasteiger partial charge is 0.137 e. The topological polar surface area (TPSA) is 16.4 Å². The molecule has 0 fully saturated rings. The van der Waals surface area contributed by atoms with Crippen LogP contribution in [-0.4, -0.2) is 0 Å². The van der Waals surface area contributed by atoms with Crippen molar-refractivity contribution < 1.29 is 4.42 Å². The third-order valence-corrected chi connectivity index (χ3v) is 11.9. The number of rotatable bonds is 9. The quantitative estimate of drug-likeness (QED) is 0.145. The number of hydrogen-bond donors (Lipinski definition) is 0. The second-order valence-electron chi connectivity index (χ2n) is 15.8. The normalized spacial score (nSPS) is 11.2. The second-order valence-corrected chi connectivity index (χ2v) is 15.8. The first-order valence-electron chi connectivity index (χ1n) is 21.1. The van der Waals surface area contributed by atoms with E-state index in [0.29, 0.717) is 0 Å². The van der Waals surface area contributed by atoms with E-state index in [1.807, 2.05) is 12.1 Å². The molecular formula is C60H41NO. The molecule has 0 unspecified atom stereocenters. The fraction of sp³-hybridized carbons (Fsp3) is 0. The van der Waals surface area contributed by atoms with E-state index in [2.05, 4.69) is 241 Å². The van der Waals surface area contributed by atoms with Crippen LogP contribution in [0.1, 0.15) is 0 Å². The summed E-state index contributed by atoms with van der Waals surface area (Å²) in [4.78, 5) is 2.31. The molecule has 0 atom stereocenters. The van der Waals surface area contributed by atoms with Crippen LogP contribution in [0.4, 0.5) is 17.1 Å². The third-order valence-electron chi connectivity index (χ3n) is 11.9. The van der Waals surface area contributed by atoms with Crippen molar-refractivity contribution in [3.8, 4) is 66.8 Å². The number of fused-ring (bicyclic) bond motifs is 3. The Kier molecular flexibility index (Phi) is 9.57. The van der Waals surface area contributed by atoms with Crippen molar-refractivity contribution >= 4 is 39.0 Å². The maximum atomic E-state index is 6.37. The van der Waals surface area contributed by atoms with Crippen molar-refractivity contribution in [3.63, 3.8) is 0 Å². The van der Waals surface area contributed by atoms with Gasteiger partial charge in [-0.2, -0.15) is 0 Å². The van der Waals surface area contributed by atoms with Gasteiger partial charge in [-0.15, -0.1) is 0 Å². The molecule has 0 aliphatic heterocycles. The highest BCUT2D eigenvalue weighted by molar-refractivity contribution is 6.06. The zero-order valence-corrected chi connectivity index (χ0v) is 34.0. The van der Waals surface area contributed by atoms with Gasteiger partial charge in [-0.3, -0.25) is 0 Å². The minimum Gasteiger partial charge on any atom is -0.456 e. The van der Waals surface area contributed by atoms with Crippen molar-refractivity contribution in [2.24, 2.45) is 0 Å². The molecule has 2 nitrogen and oxygen atoms in total. The standard InChI is InChI=1S/C60H41NO/c1-3-10-42(11-4-1)44-18-20-47(21-19-44)49-30-34-54(35-31-49)61(56-38-39-58-57-16-7-8-17-59(57)62-60(58)41-56)55-36-32-50(33-37-55)48-24-22-45(23-25-48)46-26-28-51(29-27-46)53-15-9-14-52(40-53)43-12-5-2-6-13-43/h1-41H. The van der Waals surface area contributed by atoms with E-state index in [-0.39, 0.29) is 0 Å². The molecule has 0 aliphatic carbocycles. The van der Waals surface area contributed by atoms with Gasteiger partial charge in [0.1, 0.15) is 11.2 Å². The number of para-hydroxylation sites is 1. The van der Waals surface area contributed by atoms with Crippen LogP contribution in [0.5, 0.6) is 0 Å². The van der Waals surface area contributed by atoms with Crippen LogP contribution in [0.25, 0.3) is 88.7 Å². The fourth-order valence-electron chi connectivity index (χ4n) is 8.61. The van der Waals surface area contributed by atoms with E-state index in [0.717, 1.165) is 44.6 Å². The van der Waals surface area contributed by atoms with Crippen molar-refractivity contribution in [1.29, 1.82) is 0 Å². The summed E-state index contributed by atoms with van der Waals surface area (Å²) < 4.78 is 6.37. The molecule has 11 aromatic rings. The highest BCUT2D eigenvalue weighted by atomic mass is 16.3. The van der Waals surface area contributed by atoms with Crippen molar-refractivity contribution in [2.45, 2.75) is 0 Å². The molecule has 0 radical (unpaired) electrons. The summed E-state index contributed by atoms with van der Waals surface area (Å²) in [6, 6.07) is 88.9. The molecule has 0 saturated carbocycles. The Labute approximate surface area is 362 Å². The zero-order chi connectivity index (χ0) is 41.2. The summed E-state index contributed by atoms with van der Waals surface area (Å²) >= 11 is 0. The van der Waals surface area contributed by atoms with Crippen molar-refractivity contribution in [1.82, 2.24) is 0 Å². The second kappa shape index (κ2) is 16.1. The Morgan fingerprint density at radius 2 is 0.532 bits per heavy atom. The molecule has 1 aromatic heterocycles. The summed E-state index contributed by atoms with van der Waals surface area (Å²) in [6.07, 6.45) is 0. The predicted octanol–water partition coefficient (Wildman–Crippen LogP) is 17.1. The maximum absolute atomic E-state index is 6.37. The largest absolute Gasteiger partial charge is 0.456 e.